The van der Waals surface area contributed by atoms with Gasteiger partial charge in [0.25, 0.3) is 0 Å². The predicted octanol–water partition coefficient (Wildman–Crippen LogP) is 1.59. The largest absolute Gasteiger partial charge is 0.466 e. The second kappa shape index (κ2) is 3.92. The summed E-state index contributed by atoms with van der Waals surface area (Å²) in [6.07, 6.45) is 5.22. The van der Waals surface area contributed by atoms with E-state index in [-0.39, 0.29) is 11.9 Å². The maximum Gasteiger partial charge on any atom is 0.335 e. The zero-order chi connectivity index (χ0) is 11.8. The predicted molar refractivity (Wildman–Crippen MR) is 56.6 cm³/mol. The lowest BCUT2D eigenvalue weighted by Gasteiger charge is -2.33. The average Bonchev–Trinajstić information content (AvgIpc) is 2.50. The van der Waals surface area contributed by atoms with Crippen LogP contribution in [0.2, 0.25) is 0 Å². The van der Waals surface area contributed by atoms with Crippen molar-refractivity contribution >= 4 is 11.9 Å². The normalized spacial score (nSPS) is 35.8. The van der Waals surface area contributed by atoms with Gasteiger partial charge in [0, 0.05) is 12.0 Å². The standard InChI is InChI=1S/C12H16O4/c1-12-6-4-3-5-9(12)8(11(14)16-12)7-10(13)15-2/h7,9H,3-6H2,1-2H3/b8-7+/t9-,12+/m1/s1. The molecule has 2 fully saturated rings. The van der Waals surface area contributed by atoms with E-state index in [1.165, 1.54) is 13.2 Å². The molecule has 2 aliphatic rings. The molecule has 4 nitrogen and oxygen atoms in total. The van der Waals surface area contributed by atoms with E-state index in [2.05, 4.69) is 4.74 Å². The maximum atomic E-state index is 11.7. The Balaban J connectivity index is 2.29. The van der Waals surface area contributed by atoms with Crippen LogP contribution < -0.4 is 0 Å². The summed E-state index contributed by atoms with van der Waals surface area (Å²) < 4.78 is 9.95. The highest BCUT2D eigenvalue weighted by Gasteiger charge is 2.50. The lowest BCUT2D eigenvalue weighted by Crippen LogP contribution is -2.35. The molecule has 0 radical (unpaired) electrons. The van der Waals surface area contributed by atoms with Crippen LogP contribution in [0, 0.1) is 5.92 Å². The molecule has 0 aromatic carbocycles. The number of esters is 2. The van der Waals surface area contributed by atoms with Crippen molar-refractivity contribution in [2.24, 2.45) is 5.92 Å². The van der Waals surface area contributed by atoms with Crippen molar-refractivity contribution in [2.45, 2.75) is 38.2 Å². The minimum atomic E-state index is -0.484. The van der Waals surface area contributed by atoms with Crippen molar-refractivity contribution in [3.8, 4) is 0 Å². The third kappa shape index (κ3) is 1.72. The van der Waals surface area contributed by atoms with Crippen LogP contribution in [0.3, 0.4) is 0 Å². The monoisotopic (exact) mass is 224 g/mol. The van der Waals surface area contributed by atoms with E-state index in [0.717, 1.165) is 25.7 Å². The molecule has 16 heavy (non-hydrogen) atoms. The first-order valence-corrected chi connectivity index (χ1v) is 5.60. The maximum absolute atomic E-state index is 11.7. The Labute approximate surface area is 94.6 Å². The molecule has 0 aromatic heterocycles. The fourth-order valence-corrected chi connectivity index (χ4v) is 2.67. The molecule has 0 aromatic rings. The molecule has 1 heterocycles. The van der Waals surface area contributed by atoms with E-state index in [1.807, 2.05) is 6.92 Å². The molecule has 1 saturated heterocycles. The number of carbonyl (C=O) groups is 2. The van der Waals surface area contributed by atoms with Crippen LogP contribution in [-0.2, 0) is 19.1 Å². The Morgan fingerprint density at radius 1 is 1.56 bits per heavy atom. The van der Waals surface area contributed by atoms with Gasteiger partial charge in [0.1, 0.15) is 5.60 Å². The van der Waals surface area contributed by atoms with E-state index in [4.69, 9.17) is 4.74 Å². The molecule has 2 atom stereocenters. The first-order chi connectivity index (χ1) is 7.57. The van der Waals surface area contributed by atoms with Crippen molar-refractivity contribution in [1.82, 2.24) is 0 Å². The summed E-state index contributed by atoms with van der Waals surface area (Å²) in [5.74, 6) is -0.797. The van der Waals surface area contributed by atoms with Gasteiger partial charge in [-0.3, -0.25) is 0 Å². The fourth-order valence-electron chi connectivity index (χ4n) is 2.67. The van der Waals surface area contributed by atoms with Gasteiger partial charge in [-0.05, 0) is 26.2 Å². The van der Waals surface area contributed by atoms with Crippen LogP contribution in [-0.4, -0.2) is 24.6 Å². The first kappa shape index (κ1) is 11.2. The summed E-state index contributed by atoms with van der Waals surface area (Å²) in [4.78, 5) is 22.9. The molecule has 1 aliphatic carbocycles. The molecule has 88 valence electrons. The zero-order valence-electron chi connectivity index (χ0n) is 9.62. The van der Waals surface area contributed by atoms with Crippen molar-refractivity contribution in [3.63, 3.8) is 0 Å². The van der Waals surface area contributed by atoms with Gasteiger partial charge in [-0.25, -0.2) is 9.59 Å². The highest BCUT2D eigenvalue weighted by atomic mass is 16.6. The Bertz CT molecular complexity index is 358. The number of fused-ring (bicyclic) bond motifs is 1. The van der Waals surface area contributed by atoms with Crippen molar-refractivity contribution in [2.75, 3.05) is 7.11 Å². The molecule has 0 spiro atoms. The third-order valence-corrected chi connectivity index (χ3v) is 3.56. The molecule has 2 rings (SSSR count). The van der Waals surface area contributed by atoms with Crippen LogP contribution >= 0.6 is 0 Å². The van der Waals surface area contributed by atoms with Gasteiger partial charge >= 0.3 is 11.9 Å². The van der Waals surface area contributed by atoms with Gasteiger partial charge in [0.05, 0.1) is 12.7 Å². The first-order valence-electron chi connectivity index (χ1n) is 5.60. The lowest BCUT2D eigenvalue weighted by molar-refractivity contribution is -0.148. The zero-order valence-corrected chi connectivity index (χ0v) is 9.62. The molecule has 0 N–H and O–H groups in total. The molecule has 0 unspecified atom stereocenters. The van der Waals surface area contributed by atoms with Crippen LogP contribution in [0.15, 0.2) is 11.6 Å². The number of hydrogen-bond donors (Lipinski definition) is 0. The Hall–Kier alpha value is -1.32. The molecule has 0 bridgehead atoms. The van der Waals surface area contributed by atoms with Gasteiger partial charge in [0.2, 0.25) is 0 Å². The smallest absolute Gasteiger partial charge is 0.335 e. The molecule has 1 aliphatic heterocycles. The SMILES string of the molecule is COC(=O)/C=C1/C(=O)O[C@@]2(C)CCCC[C@H]12. The van der Waals surface area contributed by atoms with Gasteiger partial charge in [0.15, 0.2) is 0 Å². The fraction of sp³-hybridized carbons (Fsp3) is 0.667. The lowest BCUT2D eigenvalue weighted by atomic mass is 9.74. The highest BCUT2D eigenvalue weighted by molar-refractivity contribution is 5.98. The summed E-state index contributed by atoms with van der Waals surface area (Å²) >= 11 is 0. The van der Waals surface area contributed by atoms with Crippen molar-refractivity contribution < 1.29 is 19.1 Å². The summed E-state index contributed by atoms with van der Waals surface area (Å²) in [5, 5.41) is 0. The number of carbonyl (C=O) groups excluding carboxylic acids is 2. The summed E-state index contributed by atoms with van der Waals surface area (Å²) in [5.41, 5.74) is 0.0731. The quantitative estimate of drug-likeness (QED) is 0.501. The second-order valence-corrected chi connectivity index (χ2v) is 4.62. The van der Waals surface area contributed by atoms with Crippen LogP contribution in [0.4, 0.5) is 0 Å². The van der Waals surface area contributed by atoms with Crippen LogP contribution in [0.5, 0.6) is 0 Å². The minimum absolute atomic E-state index is 0.0489. The highest BCUT2D eigenvalue weighted by Crippen LogP contribution is 2.46. The number of rotatable bonds is 1. The van der Waals surface area contributed by atoms with Crippen LogP contribution in [0.25, 0.3) is 0 Å². The molecule has 0 amide bonds. The molecular weight excluding hydrogens is 208 g/mol. The van der Waals surface area contributed by atoms with Crippen molar-refractivity contribution in [1.29, 1.82) is 0 Å². The number of hydrogen-bond acceptors (Lipinski definition) is 4. The molecule has 4 heteroatoms. The van der Waals surface area contributed by atoms with E-state index in [1.54, 1.807) is 0 Å². The third-order valence-electron chi connectivity index (χ3n) is 3.56. The van der Waals surface area contributed by atoms with E-state index < -0.39 is 11.6 Å². The Morgan fingerprint density at radius 2 is 2.31 bits per heavy atom. The van der Waals surface area contributed by atoms with E-state index >= 15 is 0 Å². The number of methoxy groups -OCH3 is 1. The van der Waals surface area contributed by atoms with Crippen LogP contribution in [0.1, 0.15) is 32.6 Å². The van der Waals surface area contributed by atoms with Gasteiger partial charge in [-0.1, -0.05) is 6.42 Å². The Morgan fingerprint density at radius 3 is 3.00 bits per heavy atom. The summed E-state index contributed by atoms with van der Waals surface area (Å²) in [7, 11) is 1.31. The molecule has 1 saturated carbocycles. The van der Waals surface area contributed by atoms with Gasteiger partial charge in [-0.2, -0.15) is 0 Å². The molecular formula is C12H16O4. The van der Waals surface area contributed by atoms with Gasteiger partial charge in [-0.15, -0.1) is 0 Å². The average molecular weight is 224 g/mol. The van der Waals surface area contributed by atoms with E-state index in [0.29, 0.717) is 5.57 Å². The topological polar surface area (TPSA) is 52.6 Å². The Kier molecular flexibility index (Phi) is 2.74. The van der Waals surface area contributed by atoms with E-state index in [9.17, 15) is 9.59 Å². The summed E-state index contributed by atoms with van der Waals surface area (Å²) in [6.45, 7) is 1.95. The van der Waals surface area contributed by atoms with Crippen molar-refractivity contribution in [3.05, 3.63) is 11.6 Å². The second-order valence-electron chi connectivity index (χ2n) is 4.62. The summed E-state index contributed by atoms with van der Waals surface area (Å²) in [6, 6.07) is 0. The minimum Gasteiger partial charge on any atom is -0.466 e. The van der Waals surface area contributed by atoms with Gasteiger partial charge < -0.3 is 9.47 Å². The number of ether oxygens (including phenoxy) is 2.